The van der Waals surface area contributed by atoms with Crippen LogP contribution >= 0.6 is 11.6 Å². The van der Waals surface area contributed by atoms with Crippen molar-refractivity contribution in [1.82, 2.24) is 9.47 Å². The van der Waals surface area contributed by atoms with Crippen LogP contribution in [-0.4, -0.2) is 15.5 Å². The molecule has 0 saturated carbocycles. The Bertz CT molecular complexity index is 1230. The number of aromatic nitrogens is 1. The minimum Gasteiger partial charge on any atom is -0.345 e. The molecule has 0 bridgehead atoms. The van der Waals surface area contributed by atoms with E-state index >= 15 is 0 Å². The third-order valence-corrected chi connectivity index (χ3v) is 6.21. The monoisotopic (exact) mass is 457 g/mol. The molecule has 0 aliphatic carbocycles. The number of hydrogen-bond donors (Lipinski definition) is 1. The number of hydrogen-bond acceptors (Lipinski definition) is 1. The van der Waals surface area contributed by atoms with Gasteiger partial charge in [0.05, 0.1) is 6.54 Å². The molecule has 1 aromatic heterocycles. The molecule has 0 unspecified atom stereocenters. The first-order valence-electron chi connectivity index (χ1n) is 11.0. The summed E-state index contributed by atoms with van der Waals surface area (Å²) in [5.74, 6) is 0. The molecule has 5 heteroatoms. The topological polar surface area (TPSA) is 37.3 Å². The molecule has 168 valence electrons. The second-order valence-electron chi connectivity index (χ2n) is 8.29. The maximum absolute atomic E-state index is 13.3. The number of carbonyl (C=O) groups excluding carboxylic acids is 1. The molecule has 0 aliphatic heterocycles. The van der Waals surface area contributed by atoms with Crippen molar-refractivity contribution in [2.24, 2.45) is 0 Å². The fraction of sp³-hybridized carbons (Fsp3) is 0.179. The van der Waals surface area contributed by atoms with E-state index in [1.165, 1.54) is 11.1 Å². The Morgan fingerprint density at radius 1 is 0.879 bits per heavy atom. The van der Waals surface area contributed by atoms with E-state index < -0.39 is 0 Å². The number of urea groups is 1. The summed E-state index contributed by atoms with van der Waals surface area (Å²) >= 11 is 6.26. The van der Waals surface area contributed by atoms with Crippen LogP contribution in [0.15, 0.2) is 91.1 Å². The predicted octanol–water partition coefficient (Wildman–Crippen LogP) is 7.04. The smallest absolute Gasteiger partial charge is 0.322 e. The van der Waals surface area contributed by atoms with E-state index in [-0.39, 0.29) is 6.03 Å². The van der Waals surface area contributed by atoms with E-state index in [1.54, 1.807) is 6.07 Å². The van der Waals surface area contributed by atoms with Gasteiger partial charge in [0.25, 0.3) is 0 Å². The lowest BCUT2D eigenvalue weighted by atomic mass is 10.1. The first kappa shape index (κ1) is 22.7. The fourth-order valence-corrected chi connectivity index (χ4v) is 3.97. The number of benzene rings is 3. The zero-order valence-corrected chi connectivity index (χ0v) is 19.7. The zero-order chi connectivity index (χ0) is 23.2. The van der Waals surface area contributed by atoms with Crippen LogP contribution in [0.25, 0.3) is 0 Å². The first-order valence-corrected chi connectivity index (χ1v) is 11.4. The molecule has 3 aromatic carbocycles. The molecular weight excluding hydrogens is 430 g/mol. The van der Waals surface area contributed by atoms with E-state index in [0.29, 0.717) is 23.8 Å². The van der Waals surface area contributed by atoms with Crippen molar-refractivity contribution in [3.05, 3.63) is 124 Å². The van der Waals surface area contributed by atoms with Gasteiger partial charge >= 0.3 is 6.03 Å². The molecule has 33 heavy (non-hydrogen) atoms. The van der Waals surface area contributed by atoms with Gasteiger partial charge < -0.3 is 14.8 Å². The standard InChI is InChI=1S/C28H28ClN3O/c1-21-9-6-7-12-24(21)19-31-16-8-13-26(31)20-32(18-23-10-4-3-5-11-23)28(33)30-25-15-14-22(2)27(29)17-25/h3-17H,18-20H2,1-2H3,(H,30,33). The third kappa shape index (κ3) is 5.85. The Hall–Kier alpha value is -3.50. The lowest BCUT2D eigenvalue weighted by molar-refractivity contribution is 0.205. The van der Waals surface area contributed by atoms with Crippen LogP contribution in [0, 0.1) is 13.8 Å². The van der Waals surface area contributed by atoms with Gasteiger partial charge in [0.2, 0.25) is 0 Å². The quantitative estimate of drug-likeness (QED) is 0.317. The Morgan fingerprint density at radius 3 is 2.39 bits per heavy atom. The zero-order valence-electron chi connectivity index (χ0n) is 19.0. The van der Waals surface area contributed by atoms with Crippen LogP contribution in [0.3, 0.4) is 0 Å². The van der Waals surface area contributed by atoms with Gasteiger partial charge in [0, 0.05) is 35.7 Å². The normalized spacial score (nSPS) is 10.8. The Morgan fingerprint density at radius 2 is 1.64 bits per heavy atom. The predicted molar refractivity (Wildman–Crippen MR) is 136 cm³/mol. The number of nitrogens with zero attached hydrogens (tertiary/aromatic N) is 2. The lowest BCUT2D eigenvalue weighted by Crippen LogP contribution is -2.34. The number of carbonyl (C=O) groups is 1. The molecule has 4 rings (SSSR count). The molecule has 0 radical (unpaired) electrons. The van der Waals surface area contributed by atoms with E-state index in [4.69, 9.17) is 11.6 Å². The summed E-state index contributed by atoms with van der Waals surface area (Å²) in [4.78, 5) is 15.2. The van der Waals surface area contributed by atoms with Crippen molar-refractivity contribution < 1.29 is 4.79 Å². The summed E-state index contributed by atoms with van der Waals surface area (Å²) in [6.07, 6.45) is 2.07. The van der Waals surface area contributed by atoms with Crippen LogP contribution in [0.2, 0.25) is 5.02 Å². The molecule has 0 aliphatic rings. The Labute approximate surface area is 200 Å². The maximum Gasteiger partial charge on any atom is 0.322 e. The van der Waals surface area contributed by atoms with E-state index in [9.17, 15) is 4.79 Å². The number of halogens is 1. The molecule has 4 nitrogen and oxygen atoms in total. The highest BCUT2D eigenvalue weighted by molar-refractivity contribution is 6.31. The molecule has 1 N–H and O–H groups in total. The highest BCUT2D eigenvalue weighted by Gasteiger charge is 2.17. The SMILES string of the molecule is Cc1ccc(NC(=O)N(Cc2ccccc2)Cc2cccn2Cc2ccccc2C)cc1Cl. The molecule has 4 aromatic rings. The van der Waals surface area contributed by atoms with Crippen molar-refractivity contribution in [1.29, 1.82) is 0 Å². The van der Waals surface area contributed by atoms with Crippen LogP contribution in [0.4, 0.5) is 10.5 Å². The van der Waals surface area contributed by atoms with Gasteiger partial charge in [-0.2, -0.15) is 0 Å². The van der Waals surface area contributed by atoms with Crippen molar-refractivity contribution in [3.8, 4) is 0 Å². The number of anilines is 1. The average Bonchev–Trinajstić information content (AvgIpc) is 3.24. The summed E-state index contributed by atoms with van der Waals surface area (Å²) in [5.41, 5.74) is 6.34. The third-order valence-electron chi connectivity index (χ3n) is 5.80. The lowest BCUT2D eigenvalue weighted by Gasteiger charge is -2.24. The number of aryl methyl sites for hydroxylation is 2. The highest BCUT2D eigenvalue weighted by atomic mass is 35.5. The van der Waals surface area contributed by atoms with Crippen LogP contribution in [0.1, 0.15) is 27.9 Å². The molecule has 0 spiro atoms. The number of nitrogens with one attached hydrogen (secondary N) is 1. The second kappa shape index (κ2) is 10.4. The Balaban J connectivity index is 1.56. The van der Waals surface area contributed by atoms with Crippen molar-refractivity contribution in [2.75, 3.05) is 5.32 Å². The largest absolute Gasteiger partial charge is 0.345 e. The van der Waals surface area contributed by atoms with Crippen LogP contribution in [-0.2, 0) is 19.6 Å². The van der Waals surface area contributed by atoms with E-state index in [2.05, 4.69) is 53.3 Å². The van der Waals surface area contributed by atoms with Crippen LogP contribution < -0.4 is 5.32 Å². The summed E-state index contributed by atoms with van der Waals surface area (Å²) in [6, 6.07) is 27.9. The van der Waals surface area contributed by atoms with Gasteiger partial charge in [0.15, 0.2) is 0 Å². The molecule has 0 saturated heterocycles. The van der Waals surface area contributed by atoms with Gasteiger partial charge in [-0.1, -0.05) is 72.3 Å². The minimum absolute atomic E-state index is 0.164. The number of rotatable bonds is 7. The van der Waals surface area contributed by atoms with E-state index in [1.807, 2.05) is 60.4 Å². The van der Waals surface area contributed by atoms with Gasteiger partial charge in [-0.3, -0.25) is 0 Å². The summed E-state index contributed by atoms with van der Waals surface area (Å²) < 4.78 is 2.20. The highest BCUT2D eigenvalue weighted by Crippen LogP contribution is 2.21. The molecular formula is C28H28ClN3O. The van der Waals surface area contributed by atoms with Gasteiger partial charge in [0.1, 0.15) is 0 Å². The van der Waals surface area contributed by atoms with Gasteiger partial charge in [-0.05, 0) is 60.4 Å². The molecule has 1 heterocycles. The van der Waals surface area contributed by atoms with E-state index in [0.717, 1.165) is 23.4 Å². The fourth-order valence-electron chi connectivity index (χ4n) is 3.79. The van der Waals surface area contributed by atoms with Crippen molar-refractivity contribution >= 4 is 23.3 Å². The minimum atomic E-state index is -0.164. The summed E-state index contributed by atoms with van der Waals surface area (Å²) in [7, 11) is 0. The first-order chi connectivity index (χ1) is 16.0. The van der Waals surface area contributed by atoms with Crippen molar-refractivity contribution in [2.45, 2.75) is 33.5 Å². The summed E-state index contributed by atoms with van der Waals surface area (Å²) in [6.45, 7) is 5.82. The maximum atomic E-state index is 13.3. The van der Waals surface area contributed by atoms with Crippen molar-refractivity contribution in [3.63, 3.8) is 0 Å². The Kier molecular flexibility index (Phi) is 7.16. The van der Waals surface area contributed by atoms with Gasteiger partial charge in [-0.25, -0.2) is 4.79 Å². The van der Waals surface area contributed by atoms with Gasteiger partial charge in [-0.15, -0.1) is 0 Å². The second-order valence-corrected chi connectivity index (χ2v) is 8.70. The molecule has 2 amide bonds. The number of amides is 2. The summed E-state index contributed by atoms with van der Waals surface area (Å²) in [5, 5.41) is 3.65. The average molecular weight is 458 g/mol. The molecule has 0 atom stereocenters. The molecule has 0 fully saturated rings. The van der Waals surface area contributed by atoms with Crippen LogP contribution in [0.5, 0.6) is 0 Å².